The van der Waals surface area contributed by atoms with Gasteiger partial charge in [0.1, 0.15) is 5.78 Å². The van der Waals surface area contributed by atoms with E-state index in [1.807, 2.05) is 0 Å². The molecule has 0 spiro atoms. The molecule has 0 aliphatic heterocycles. The highest BCUT2D eigenvalue weighted by atomic mass is 16.4. The molecule has 0 saturated heterocycles. The Morgan fingerprint density at radius 2 is 1.20 bits per heavy atom. The summed E-state index contributed by atoms with van der Waals surface area (Å²) < 4.78 is 0. The van der Waals surface area contributed by atoms with Crippen molar-refractivity contribution < 1.29 is 24.6 Å². The van der Waals surface area contributed by atoms with Gasteiger partial charge in [0, 0.05) is 24.8 Å². The predicted molar refractivity (Wildman–Crippen MR) is 24.3 cm³/mol. The minimum absolute atomic E-state index is 0.867. The highest BCUT2D eigenvalue weighted by molar-refractivity contribution is 6.01. The van der Waals surface area contributed by atoms with E-state index >= 15 is 0 Å². The summed E-state index contributed by atoms with van der Waals surface area (Å²) in [7, 11) is 0. The molecule has 0 fully saturated rings. The summed E-state index contributed by atoms with van der Waals surface area (Å²) in [5.74, 6) is -4.07. The number of rotatable bonds is 4. The summed E-state index contributed by atoms with van der Waals surface area (Å²) in [5.41, 5.74) is 0. The minimum Gasteiger partial charge on any atom is -0.550 e. The number of ketones is 1. The lowest BCUT2D eigenvalue weighted by Gasteiger charge is -2.00. The van der Waals surface area contributed by atoms with Gasteiger partial charge in [-0.1, -0.05) is 0 Å². The molecular weight excluding hydrogens is 140 g/mol. The van der Waals surface area contributed by atoms with Crippen LogP contribution >= 0.6 is 0 Å². The second-order valence-corrected chi connectivity index (χ2v) is 1.64. The lowest BCUT2D eigenvalue weighted by Crippen LogP contribution is -2.30. The number of carboxylic acids is 2. The van der Waals surface area contributed by atoms with Crippen LogP contribution in [0.25, 0.3) is 0 Å². The van der Waals surface area contributed by atoms with Crippen LogP contribution < -0.4 is 10.2 Å². The Morgan fingerprint density at radius 3 is 1.40 bits per heavy atom. The van der Waals surface area contributed by atoms with Gasteiger partial charge in [-0.25, -0.2) is 0 Å². The minimum atomic E-state index is -1.58. The molecular formula is C5H4O5-2. The quantitative estimate of drug-likeness (QED) is 0.388. The van der Waals surface area contributed by atoms with Crippen LogP contribution in [-0.2, 0) is 14.4 Å². The van der Waals surface area contributed by atoms with Gasteiger partial charge < -0.3 is 19.8 Å². The number of hydrogen-bond acceptors (Lipinski definition) is 5. The summed E-state index contributed by atoms with van der Waals surface area (Å²) in [6, 6.07) is 0. The molecule has 0 atom stereocenters. The summed E-state index contributed by atoms with van der Waals surface area (Å²) in [6.07, 6.45) is -1.73. The molecule has 10 heavy (non-hydrogen) atoms. The van der Waals surface area contributed by atoms with Gasteiger partial charge in [-0.05, 0) is 0 Å². The van der Waals surface area contributed by atoms with E-state index in [0.717, 1.165) is 0 Å². The lowest BCUT2D eigenvalue weighted by molar-refractivity contribution is -0.305. The maximum absolute atomic E-state index is 10.2. The van der Waals surface area contributed by atoms with Gasteiger partial charge in [-0.2, -0.15) is 0 Å². The third-order valence-electron chi connectivity index (χ3n) is 0.683. The molecule has 0 aromatic heterocycles. The molecule has 0 aromatic carbocycles. The molecule has 56 valence electrons. The molecule has 5 nitrogen and oxygen atoms in total. The topological polar surface area (TPSA) is 97.3 Å². The molecule has 0 rings (SSSR count). The summed E-state index contributed by atoms with van der Waals surface area (Å²) in [5, 5.41) is 19.3. The Labute approximate surface area is 56.3 Å². The monoisotopic (exact) mass is 144 g/mol. The van der Waals surface area contributed by atoms with Gasteiger partial charge in [0.25, 0.3) is 0 Å². The van der Waals surface area contributed by atoms with Crippen LogP contribution in [-0.4, -0.2) is 17.7 Å². The number of hydrogen-bond donors (Lipinski definition) is 0. The van der Waals surface area contributed by atoms with E-state index in [0.29, 0.717) is 0 Å². The summed E-state index contributed by atoms with van der Waals surface area (Å²) >= 11 is 0. The van der Waals surface area contributed by atoms with Gasteiger partial charge in [-0.15, -0.1) is 0 Å². The molecule has 0 N–H and O–H groups in total. The fourth-order valence-corrected chi connectivity index (χ4v) is 0.384. The van der Waals surface area contributed by atoms with E-state index in [4.69, 9.17) is 0 Å². The number of aliphatic carboxylic acids is 2. The Kier molecular flexibility index (Phi) is 3.10. The van der Waals surface area contributed by atoms with Gasteiger partial charge in [0.2, 0.25) is 0 Å². The van der Waals surface area contributed by atoms with Crippen molar-refractivity contribution >= 4 is 17.7 Å². The van der Waals surface area contributed by atoms with E-state index in [1.54, 1.807) is 0 Å². The van der Waals surface area contributed by atoms with Crippen molar-refractivity contribution in [1.29, 1.82) is 0 Å². The van der Waals surface area contributed by atoms with E-state index in [9.17, 15) is 24.6 Å². The Hall–Kier alpha value is -1.39. The summed E-state index contributed by atoms with van der Waals surface area (Å²) in [4.78, 5) is 29.5. The predicted octanol–water partition coefficient (Wildman–Crippen LogP) is -3.16. The summed E-state index contributed by atoms with van der Waals surface area (Å²) in [6.45, 7) is 0. The second-order valence-electron chi connectivity index (χ2n) is 1.64. The molecule has 0 aromatic rings. The highest BCUT2D eigenvalue weighted by Gasteiger charge is 2.00. The van der Waals surface area contributed by atoms with Crippen LogP contribution in [0.15, 0.2) is 0 Å². The first-order valence-corrected chi connectivity index (χ1v) is 2.43. The number of carbonyl (C=O) groups excluding carboxylic acids is 3. The molecule has 0 amide bonds. The number of carboxylic acid groups (broad SMARTS) is 2. The fraction of sp³-hybridized carbons (Fsp3) is 0.400. The zero-order chi connectivity index (χ0) is 8.15. The SMILES string of the molecule is O=C([O-])CC(=O)CC(=O)[O-]. The molecule has 0 aliphatic rings. The van der Waals surface area contributed by atoms with Crippen LogP contribution in [0, 0.1) is 0 Å². The molecule has 5 heteroatoms. The van der Waals surface area contributed by atoms with Crippen molar-refractivity contribution in [3.8, 4) is 0 Å². The average Bonchev–Trinajstić information content (AvgIpc) is 1.58. The zero-order valence-electron chi connectivity index (χ0n) is 4.96. The standard InChI is InChI=1S/C5H6O5/c6-3(1-4(7)8)2-5(9)10/h1-2H2,(H,7,8)(H,9,10)/p-2. The highest BCUT2D eigenvalue weighted by Crippen LogP contribution is 1.85. The smallest absolute Gasteiger partial charge is 0.144 e. The average molecular weight is 144 g/mol. The third-order valence-corrected chi connectivity index (χ3v) is 0.683. The largest absolute Gasteiger partial charge is 0.550 e. The van der Waals surface area contributed by atoms with Crippen molar-refractivity contribution in [3.63, 3.8) is 0 Å². The van der Waals surface area contributed by atoms with E-state index in [2.05, 4.69) is 0 Å². The lowest BCUT2D eigenvalue weighted by atomic mass is 10.2. The van der Waals surface area contributed by atoms with E-state index in [-0.39, 0.29) is 0 Å². The van der Waals surface area contributed by atoms with Gasteiger partial charge in [0.15, 0.2) is 0 Å². The molecule has 0 unspecified atom stereocenters. The van der Waals surface area contributed by atoms with Gasteiger partial charge in [-0.3, -0.25) is 4.79 Å². The normalized spacial score (nSPS) is 8.80. The fourth-order valence-electron chi connectivity index (χ4n) is 0.384. The second kappa shape index (κ2) is 3.60. The van der Waals surface area contributed by atoms with Crippen LogP contribution in [0.4, 0.5) is 0 Å². The third kappa shape index (κ3) is 4.76. The first-order valence-electron chi connectivity index (χ1n) is 2.43. The van der Waals surface area contributed by atoms with Gasteiger partial charge in [0.05, 0.1) is 0 Å². The van der Waals surface area contributed by atoms with Crippen molar-refractivity contribution in [2.24, 2.45) is 0 Å². The first kappa shape index (κ1) is 8.61. The van der Waals surface area contributed by atoms with Crippen molar-refractivity contribution in [2.45, 2.75) is 12.8 Å². The molecule has 0 aliphatic carbocycles. The maximum atomic E-state index is 10.2. The van der Waals surface area contributed by atoms with Crippen molar-refractivity contribution in [3.05, 3.63) is 0 Å². The van der Waals surface area contributed by atoms with Crippen molar-refractivity contribution in [1.82, 2.24) is 0 Å². The maximum Gasteiger partial charge on any atom is 0.144 e. The number of carbonyl (C=O) groups is 3. The molecule has 0 bridgehead atoms. The van der Waals surface area contributed by atoms with Gasteiger partial charge >= 0.3 is 0 Å². The Balaban J connectivity index is 3.65. The van der Waals surface area contributed by atoms with Crippen molar-refractivity contribution in [2.75, 3.05) is 0 Å². The van der Waals surface area contributed by atoms with Crippen LogP contribution in [0.2, 0.25) is 0 Å². The first-order chi connectivity index (χ1) is 4.52. The van der Waals surface area contributed by atoms with Crippen LogP contribution in [0.3, 0.4) is 0 Å². The Morgan fingerprint density at radius 1 is 0.900 bits per heavy atom. The Bertz CT molecular complexity index is 153. The van der Waals surface area contributed by atoms with Crippen LogP contribution in [0.1, 0.15) is 12.8 Å². The zero-order valence-corrected chi connectivity index (χ0v) is 4.96. The molecule has 0 saturated carbocycles. The van der Waals surface area contributed by atoms with E-state index < -0.39 is 30.6 Å². The molecule has 0 radical (unpaired) electrons. The number of Topliss-reactive ketones (excluding diaryl/α,β-unsaturated/α-hetero) is 1. The molecule has 0 heterocycles. The van der Waals surface area contributed by atoms with E-state index in [1.165, 1.54) is 0 Å². The van der Waals surface area contributed by atoms with Crippen LogP contribution in [0.5, 0.6) is 0 Å².